The molecule has 4 atom stereocenters. The van der Waals surface area contributed by atoms with E-state index >= 15 is 4.39 Å². The lowest BCUT2D eigenvalue weighted by Gasteiger charge is -2.34. The molecule has 5 rings (SSSR count). The summed E-state index contributed by atoms with van der Waals surface area (Å²) in [5.74, 6) is -2.48. The van der Waals surface area contributed by atoms with E-state index in [4.69, 9.17) is 16.3 Å². The van der Waals surface area contributed by atoms with Gasteiger partial charge in [0.25, 0.3) is 0 Å². The average Bonchev–Trinajstić information content (AvgIpc) is 3.79. The number of rotatable bonds is 11. The highest BCUT2D eigenvalue weighted by atomic mass is 35.5. The Balaban J connectivity index is 1.34. The van der Waals surface area contributed by atoms with Gasteiger partial charge >= 0.3 is 0 Å². The minimum absolute atomic E-state index is 0.0135. The minimum Gasteiger partial charge on any atom is -0.381 e. The number of amides is 1. The molecule has 9 nitrogen and oxygen atoms in total. The highest BCUT2D eigenvalue weighted by Crippen LogP contribution is 2.38. The number of nitrogens with zero attached hydrogens (tertiary/aromatic N) is 4. The number of halogens is 3. The second kappa shape index (κ2) is 13.4. The highest BCUT2D eigenvalue weighted by Gasteiger charge is 2.45. The number of azide groups is 1. The minimum atomic E-state index is -4.03. The van der Waals surface area contributed by atoms with Crippen LogP contribution in [0.5, 0.6) is 0 Å². The van der Waals surface area contributed by atoms with E-state index in [0.717, 1.165) is 11.6 Å². The summed E-state index contributed by atoms with van der Waals surface area (Å²) in [5.41, 5.74) is 10.6. The van der Waals surface area contributed by atoms with Crippen LogP contribution in [0.25, 0.3) is 10.4 Å². The van der Waals surface area contributed by atoms with Gasteiger partial charge in [-0.05, 0) is 79.1 Å². The normalized spacial score (nSPS) is 20.1. The van der Waals surface area contributed by atoms with Gasteiger partial charge in [-0.15, -0.1) is 0 Å². The van der Waals surface area contributed by atoms with Gasteiger partial charge in [0.15, 0.2) is 0 Å². The third kappa shape index (κ3) is 7.00. The third-order valence-electron chi connectivity index (χ3n) is 8.01. The van der Waals surface area contributed by atoms with Gasteiger partial charge in [0.2, 0.25) is 15.9 Å². The molecule has 2 aliphatic heterocycles. The number of hydrogen-bond acceptors (Lipinski definition) is 5. The van der Waals surface area contributed by atoms with Crippen molar-refractivity contribution < 1.29 is 26.7 Å². The molecule has 2 aliphatic rings. The maximum atomic E-state index is 15.1. The van der Waals surface area contributed by atoms with Crippen molar-refractivity contribution in [3.63, 3.8) is 0 Å². The van der Waals surface area contributed by atoms with Gasteiger partial charge in [0.05, 0.1) is 0 Å². The van der Waals surface area contributed by atoms with Crippen molar-refractivity contribution in [2.75, 3.05) is 25.1 Å². The topological polar surface area (TPSA) is 124 Å². The average molecular weight is 630 g/mol. The van der Waals surface area contributed by atoms with Crippen molar-refractivity contribution in [1.82, 2.24) is 4.31 Å². The van der Waals surface area contributed by atoms with Crippen LogP contribution in [0.2, 0.25) is 5.02 Å². The Morgan fingerprint density at radius 1 is 1.07 bits per heavy atom. The Kier molecular flexibility index (Phi) is 9.63. The number of sulfonamides is 1. The van der Waals surface area contributed by atoms with Gasteiger partial charge < -0.3 is 10.1 Å². The quantitative estimate of drug-likeness (QED) is 0.113. The van der Waals surface area contributed by atoms with Gasteiger partial charge in [0.1, 0.15) is 22.6 Å². The Morgan fingerprint density at radius 2 is 1.77 bits per heavy atom. The molecule has 0 spiro atoms. The lowest BCUT2D eigenvalue weighted by atomic mass is 9.76. The monoisotopic (exact) mass is 629 g/mol. The number of carbonyl (C=O) groups excluding carboxylic acids is 1. The van der Waals surface area contributed by atoms with E-state index in [2.05, 4.69) is 15.3 Å². The number of nitrogens with one attached hydrogen (secondary N) is 1. The molecule has 0 radical (unpaired) electrons. The van der Waals surface area contributed by atoms with Gasteiger partial charge in [-0.1, -0.05) is 47.0 Å². The van der Waals surface area contributed by atoms with Crippen LogP contribution in [-0.4, -0.2) is 50.5 Å². The van der Waals surface area contributed by atoms with Crippen molar-refractivity contribution in [2.24, 2.45) is 11.0 Å². The van der Waals surface area contributed by atoms with Gasteiger partial charge in [-0.3, -0.25) is 4.79 Å². The van der Waals surface area contributed by atoms with Crippen molar-refractivity contribution in [2.45, 2.75) is 48.6 Å². The predicted octanol–water partition coefficient (Wildman–Crippen LogP) is 6.45. The molecular formula is C30H30ClF2N5O4S. The molecule has 0 aromatic heterocycles. The van der Waals surface area contributed by atoms with E-state index in [0.29, 0.717) is 31.1 Å². The molecule has 4 unspecified atom stereocenters. The molecule has 43 heavy (non-hydrogen) atoms. The fourth-order valence-corrected chi connectivity index (χ4v) is 7.54. The highest BCUT2D eigenvalue weighted by molar-refractivity contribution is 7.89. The SMILES string of the molecule is [N-]=[N+]=NC(C(=O)Nc1cccc(F)c1CCC1CN1S(=O)(=O)c1ccccc1F)C(c1ccc(Cl)cc1)C1CCOCC1. The maximum absolute atomic E-state index is 15.1. The summed E-state index contributed by atoms with van der Waals surface area (Å²) in [6, 6.07) is 14.9. The summed E-state index contributed by atoms with van der Waals surface area (Å²) in [6.07, 6.45) is 1.70. The molecule has 2 saturated heterocycles. The number of carbonyl (C=O) groups is 1. The van der Waals surface area contributed by atoms with Crippen molar-refractivity contribution in [1.29, 1.82) is 0 Å². The Hall–Kier alpha value is -3.54. The first-order valence-corrected chi connectivity index (χ1v) is 15.7. The summed E-state index contributed by atoms with van der Waals surface area (Å²) in [5, 5.41) is 7.20. The van der Waals surface area contributed by atoms with Crippen LogP contribution in [0.4, 0.5) is 14.5 Å². The van der Waals surface area contributed by atoms with E-state index in [-0.39, 0.29) is 36.6 Å². The van der Waals surface area contributed by atoms with Crippen LogP contribution >= 0.6 is 11.6 Å². The van der Waals surface area contributed by atoms with E-state index < -0.39 is 50.5 Å². The molecule has 1 amide bonds. The smallest absolute Gasteiger partial charge is 0.246 e. The molecule has 3 aromatic carbocycles. The van der Waals surface area contributed by atoms with Crippen LogP contribution in [0, 0.1) is 17.6 Å². The first-order valence-electron chi connectivity index (χ1n) is 13.9. The van der Waals surface area contributed by atoms with E-state index in [9.17, 15) is 23.1 Å². The number of anilines is 1. The lowest BCUT2D eigenvalue weighted by molar-refractivity contribution is -0.118. The van der Waals surface area contributed by atoms with Crippen molar-refractivity contribution >= 4 is 33.2 Å². The zero-order valence-electron chi connectivity index (χ0n) is 23.1. The Labute approximate surface area is 253 Å². The summed E-state index contributed by atoms with van der Waals surface area (Å²) in [6.45, 7) is 1.20. The van der Waals surface area contributed by atoms with Gasteiger partial charge in [-0.2, -0.15) is 4.31 Å². The van der Waals surface area contributed by atoms with Gasteiger partial charge in [-0.25, -0.2) is 17.2 Å². The second-order valence-corrected chi connectivity index (χ2v) is 12.9. The predicted molar refractivity (Wildman–Crippen MR) is 158 cm³/mol. The zero-order chi connectivity index (χ0) is 30.6. The fraction of sp³-hybridized carbons (Fsp3) is 0.367. The van der Waals surface area contributed by atoms with Crippen molar-refractivity contribution in [3.8, 4) is 0 Å². The molecule has 2 heterocycles. The third-order valence-corrected chi connectivity index (χ3v) is 10.2. The number of ether oxygens (including phenoxy) is 1. The van der Waals surface area contributed by atoms with E-state index in [1.165, 1.54) is 34.6 Å². The Bertz CT molecular complexity index is 1630. The van der Waals surface area contributed by atoms with Crippen LogP contribution < -0.4 is 5.32 Å². The number of benzene rings is 3. The van der Waals surface area contributed by atoms with Crippen LogP contribution in [0.3, 0.4) is 0 Å². The maximum Gasteiger partial charge on any atom is 0.246 e. The largest absolute Gasteiger partial charge is 0.381 e. The first kappa shape index (κ1) is 30.9. The molecule has 13 heteroatoms. The summed E-state index contributed by atoms with van der Waals surface area (Å²) >= 11 is 6.10. The summed E-state index contributed by atoms with van der Waals surface area (Å²) < 4.78 is 61.7. The molecule has 0 aliphatic carbocycles. The zero-order valence-corrected chi connectivity index (χ0v) is 24.6. The fourth-order valence-electron chi connectivity index (χ4n) is 5.73. The second-order valence-electron chi connectivity index (χ2n) is 10.6. The molecular weight excluding hydrogens is 600 g/mol. The molecule has 3 aromatic rings. The van der Waals surface area contributed by atoms with Crippen LogP contribution in [0.1, 0.15) is 36.3 Å². The van der Waals surface area contributed by atoms with Crippen LogP contribution in [0.15, 0.2) is 76.7 Å². The van der Waals surface area contributed by atoms with Gasteiger partial charge in [0, 0.05) is 52.9 Å². The van der Waals surface area contributed by atoms with E-state index in [1.807, 2.05) is 0 Å². The Morgan fingerprint density at radius 3 is 2.47 bits per heavy atom. The summed E-state index contributed by atoms with van der Waals surface area (Å²) in [7, 11) is -4.03. The molecule has 2 fully saturated rings. The first-order chi connectivity index (χ1) is 20.7. The molecule has 226 valence electrons. The van der Waals surface area contributed by atoms with E-state index in [1.54, 1.807) is 30.3 Å². The number of hydrogen-bond donors (Lipinski definition) is 1. The lowest BCUT2D eigenvalue weighted by Crippen LogP contribution is -2.37. The standard InChI is InChI=1S/C30H30ClF2N5O4S/c31-21-10-8-19(9-11-21)28(20-14-16-42-17-15-20)29(36-37-34)30(39)35-26-6-3-5-24(32)23(26)13-12-22-18-38(22)43(40,41)27-7-2-1-4-25(27)33/h1-11,20,22,28-29H,12-18H2,(H,35,39). The van der Waals surface area contributed by atoms with Crippen LogP contribution in [-0.2, 0) is 26.0 Å². The molecule has 0 saturated carbocycles. The molecule has 0 bridgehead atoms. The summed E-state index contributed by atoms with van der Waals surface area (Å²) in [4.78, 5) is 16.3. The molecule has 1 N–H and O–H groups in total. The van der Waals surface area contributed by atoms with Crippen molar-refractivity contribution in [3.05, 3.63) is 105 Å².